The summed E-state index contributed by atoms with van der Waals surface area (Å²) >= 11 is 3.37. The van der Waals surface area contributed by atoms with Gasteiger partial charge < -0.3 is 9.64 Å². The van der Waals surface area contributed by atoms with E-state index in [1.54, 1.807) is 6.20 Å². The number of methoxy groups -OCH3 is 1. The van der Waals surface area contributed by atoms with E-state index < -0.39 is 0 Å². The number of esters is 1. The molecule has 1 saturated heterocycles. The summed E-state index contributed by atoms with van der Waals surface area (Å²) in [6.07, 6.45) is 3.32. The highest BCUT2D eigenvalue weighted by molar-refractivity contribution is 9.10. The first-order valence-corrected chi connectivity index (χ1v) is 6.41. The fraction of sp³-hybridized carbons (Fsp3) is 0.500. The van der Waals surface area contributed by atoms with Crippen molar-refractivity contribution in [1.82, 2.24) is 4.98 Å². The highest BCUT2D eigenvalue weighted by atomic mass is 79.9. The molecule has 2 rings (SSSR count). The first-order valence-electron chi connectivity index (χ1n) is 5.62. The Morgan fingerprint density at radius 1 is 1.65 bits per heavy atom. The lowest BCUT2D eigenvalue weighted by molar-refractivity contribution is -0.141. The average molecular weight is 299 g/mol. The summed E-state index contributed by atoms with van der Waals surface area (Å²) in [5.41, 5.74) is 0. The van der Waals surface area contributed by atoms with Crippen LogP contribution in [0.2, 0.25) is 0 Å². The molecule has 0 aromatic carbocycles. The van der Waals surface area contributed by atoms with E-state index in [1.807, 2.05) is 12.1 Å². The van der Waals surface area contributed by atoms with Crippen molar-refractivity contribution in [3.63, 3.8) is 0 Å². The summed E-state index contributed by atoms with van der Waals surface area (Å²) in [4.78, 5) is 17.8. The fourth-order valence-electron chi connectivity index (χ4n) is 2.08. The summed E-state index contributed by atoms with van der Waals surface area (Å²) in [6, 6.07) is 3.97. The molecule has 17 heavy (non-hydrogen) atoms. The van der Waals surface area contributed by atoms with Gasteiger partial charge in [-0.2, -0.15) is 0 Å². The minimum absolute atomic E-state index is 0.124. The van der Waals surface area contributed by atoms with Crippen LogP contribution in [0.3, 0.4) is 0 Å². The summed E-state index contributed by atoms with van der Waals surface area (Å²) in [5, 5.41) is 0. The number of carbonyl (C=O) groups is 1. The molecule has 5 heteroatoms. The molecule has 0 unspecified atom stereocenters. The smallest absolute Gasteiger partial charge is 0.305 e. The molecule has 1 aromatic rings. The van der Waals surface area contributed by atoms with Crippen molar-refractivity contribution in [2.75, 3.05) is 25.1 Å². The van der Waals surface area contributed by atoms with E-state index >= 15 is 0 Å². The van der Waals surface area contributed by atoms with E-state index in [2.05, 4.69) is 30.6 Å². The third-order valence-electron chi connectivity index (χ3n) is 3.00. The Hall–Kier alpha value is -1.10. The van der Waals surface area contributed by atoms with Crippen LogP contribution in [-0.4, -0.2) is 31.2 Å². The number of ether oxygens (including phenoxy) is 1. The quantitative estimate of drug-likeness (QED) is 0.803. The molecule has 0 N–H and O–H groups in total. The third-order valence-corrected chi connectivity index (χ3v) is 3.47. The Labute approximate surface area is 109 Å². The monoisotopic (exact) mass is 298 g/mol. The Kier molecular flexibility index (Phi) is 3.99. The van der Waals surface area contributed by atoms with Crippen LogP contribution in [0.1, 0.15) is 12.8 Å². The lowest BCUT2D eigenvalue weighted by Gasteiger charge is -2.17. The summed E-state index contributed by atoms with van der Waals surface area (Å²) in [5.74, 6) is 1.23. The maximum absolute atomic E-state index is 11.2. The second-order valence-corrected chi connectivity index (χ2v) is 5.13. The van der Waals surface area contributed by atoms with Crippen LogP contribution in [-0.2, 0) is 9.53 Å². The Morgan fingerprint density at radius 3 is 3.12 bits per heavy atom. The molecule has 0 amide bonds. The predicted octanol–water partition coefficient (Wildman–Crippen LogP) is 2.23. The molecule has 1 aliphatic rings. The minimum atomic E-state index is -0.124. The molecule has 0 spiro atoms. The van der Waals surface area contributed by atoms with Crippen LogP contribution in [0.25, 0.3) is 0 Å². The van der Waals surface area contributed by atoms with Crippen LogP contribution < -0.4 is 4.90 Å². The Bertz CT molecular complexity index is 394. The SMILES string of the molecule is COC(=O)C[C@H]1CCN(c2ccc(Br)cn2)C1. The first-order chi connectivity index (χ1) is 8.19. The van der Waals surface area contributed by atoms with E-state index in [1.165, 1.54) is 7.11 Å². The number of anilines is 1. The summed E-state index contributed by atoms with van der Waals surface area (Å²) in [6.45, 7) is 1.83. The van der Waals surface area contributed by atoms with Crippen LogP contribution in [0, 0.1) is 5.92 Å². The number of nitrogens with zero attached hydrogens (tertiary/aromatic N) is 2. The number of halogens is 1. The molecule has 0 aliphatic carbocycles. The van der Waals surface area contributed by atoms with Gasteiger partial charge in [0.15, 0.2) is 0 Å². The van der Waals surface area contributed by atoms with Gasteiger partial charge >= 0.3 is 5.97 Å². The van der Waals surface area contributed by atoms with Crippen molar-refractivity contribution in [1.29, 1.82) is 0 Å². The number of hydrogen-bond donors (Lipinski definition) is 0. The fourth-order valence-corrected chi connectivity index (χ4v) is 2.32. The maximum atomic E-state index is 11.2. The number of carbonyl (C=O) groups excluding carboxylic acids is 1. The van der Waals surface area contributed by atoms with Gasteiger partial charge in [0.05, 0.1) is 13.5 Å². The lowest BCUT2D eigenvalue weighted by Crippen LogP contribution is -2.21. The Balaban J connectivity index is 1.93. The largest absolute Gasteiger partial charge is 0.469 e. The molecular formula is C12H15BrN2O2. The second kappa shape index (κ2) is 5.49. The summed E-state index contributed by atoms with van der Waals surface area (Å²) in [7, 11) is 1.44. The number of aromatic nitrogens is 1. The van der Waals surface area contributed by atoms with E-state index in [-0.39, 0.29) is 5.97 Å². The molecule has 4 nitrogen and oxygen atoms in total. The zero-order chi connectivity index (χ0) is 12.3. The lowest BCUT2D eigenvalue weighted by atomic mass is 10.1. The first kappa shape index (κ1) is 12.4. The number of rotatable bonds is 3. The molecule has 0 saturated carbocycles. The third kappa shape index (κ3) is 3.19. The van der Waals surface area contributed by atoms with Crippen LogP contribution in [0.5, 0.6) is 0 Å². The van der Waals surface area contributed by atoms with Gasteiger partial charge in [0, 0.05) is 23.8 Å². The number of pyridine rings is 1. The van der Waals surface area contributed by atoms with Crippen molar-refractivity contribution >= 4 is 27.7 Å². The van der Waals surface area contributed by atoms with E-state index in [0.717, 1.165) is 29.8 Å². The molecule has 1 atom stereocenters. The number of hydrogen-bond acceptors (Lipinski definition) is 4. The van der Waals surface area contributed by atoms with Gasteiger partial charge in [-0.3, -0.25) is 4.79 Å². The van der Waals surface area contributed by atoms with Gasteiger partial charge in [0.1, 0.15) is 5.82 Å². The maximum Gasteiger partial charge on any atom is 0.305 e. The topological polar surface area (TPSA) is 42.4 Å². The highest BCUT2D eigenvalue weighted by Crippen LogP contribution is 2.25. The van der Waals surface area contributed by atoms with Gasteiger partial charge in [0.25, 0.3) is 0 Å². The molecular weight excluding hydrogens is 284 g/mol. The molecule has 1 aromatic heterocycles. The van der Waals surface area contributed by atoms with Gasteiger partial charge in [-0.05, 0) is 40.4 Å². The summed E-state index contributed by atoms with van der Waals surface area (Å²) < 4.78 is 5.67. The van der Waals surface area contributed by atoms with E-state index in [9.17, 15) is 4.79 Å². The van der Waals surface area contributed by atoms with Crippen molar-refractivity contribution in [3.05, 3.63) is 22.8 Å². The highest BCUT2D eigenvalue weighted by Gasteiger charge is 2.25. The standard InChI is InChI=1S/C12H15BrN2O2/c1-17-12(16)6-9-4-5-15(8-9)11-3-2-10(13)7-14-11/h2-3,7,9H,4-6,8H2,1H3/t9-/m1/s1. The molecule has 0 bridgehead atoms. The van der Waals surface area contributed by atoms with Gasteiger partial charge in [-0.15, -0.1) is 0 Å². The van der Waals surface area contributed by atoms with E-state index in [0.29, 0.717) is 12.3 Å². The van der Waals surface area contributed by atoms with Crippen LogP contribution in [0.4, 0.5) is 5.82 Å². The zero-order valence-corrected chi connectivity index (χ0v) is 11.3. The zero-order valence-electron chi connectivity index (χ0n) is 9.73. The normalized spacial score (nSPS) is 19.4. The van der Waals surface area contributed by atoms with Crippen LogP contribution >= 0.6 is 15.9 Å². The van der Waals surface area contributed by atoms with Crippen LogP contribution in [0.15, 0.2) is 22.8 Å². The second-order valence-electron chi connectivity index (χ2n) is 4.22. The van der Waals surface area contributed by atoms with Crippen molar-refractivity contribution in [2.45, 2.75) is 12.8 Å². The van der Waals surface area contributed by atoms with Crippen molar-refractivity contribution in [2.24, 2.45) is 5.92 Å². The van der Waals surface area contributed by atoms with Gasteiger partial charge in [0.2, 0.25) is 0 Å². The van der Waals surface area contributed by atoms with Crippen molar-refractivity contribution in [3.8, 4) is 0 Å². The van der Waals surface area contributed by atoms with E-state index in [4.69, 9.17) is 0 Å². The Morgan fingerprint density at radius 2 is 2.47 bits per heavy atom. The average Bonchev–Trinajstić information content (AvgIpc) is 2.78. The molecule has 2 heterocycles. The minimum Gasteiger partial charge on any atom is -0.469 e. The van der Waals surface area contributed by atoms with Crippen molar-refractivity contribution < 1.29 is 9.53 Å². The molecule has 0 radical (unpaired) electrons. The molecule has 1 fully saturated rings. The molecule has 92 valence electrons. The predicted molar refractivity (Wildman–Crippen MR) is 68.9 cm³/mol. The van der Waals surface area contributed by atoms with Gasteiger partial charge in [-0.25, -0.2) is 4.98 Å². The molecule has 1 aliphatic heterocycles. The van der Waals surface area contributed by atoms with Gasteiger partial charge in [-0.1, -0.05) is 0 Å².